The number of esters is 1. The molecule has 0 atom stereocenters. The summed E-state index contributed by atoms with van der Waals surface area (Å²) in [6.45, 7) is 6.46. The van der Waals surface area contributed by atoms with Gasteiger partial charge in [-0.25, -0.2) is 4.79 Å². The molecule has 3 nitrogen and oxygen atoms in total. The molecule has 0 aliphatic heterocycles. The SMILES string of the molecule is CC1CCC(OC(=O)c2ccccc2O)(C(C)C)CC1. The zero-order valence-electron chi connectivity index (χ0n) is 12.6. The van der Waals surface area contributed by atoms with Crippen LogP contribution in [0.15, 0.2) is 24.3 Å². The molecule has 0 amide bonds. The molecule has 1 N–H and O–H groups in total. The fourth-order valence-electron chi connectivity index (χ4n) is 2.93. The molecule has 2 rings (SSSR count). The standard InChI is InChI=1S/C17H24O3/c1-12(2)17(10-8-13(3)9-11-17)20-16(19)14-6-4-5-7-15(14)18/h4-7,12-13,18H,8-11H2,1-3H3. The lowest BCUT2D eigenvalue weighted by Gasteiger charge is -2.42. The Bertz CT molecular complexity index is 471. The molecule has 110 valence electrons. The van der Waals surface area contributed by atoms with Crippen LogP contribution < -0.4 is 0 Å². The highest BCUT2D eigenvalue weighted by Gasteiger charge is 2.41. The first-order valence-electron chi connectivity index (χ1n) is 7.46. The monoisotopic (exact) mass is 276 g/mol. The maximum Gasteiger partial charge on any atom is 0.342 e. The van der Waals surface area contributed by atoms with Crippen LogP contribution in [0, 0.1) is 11.8 Å². The Hall–Kier alpha value is -1.51. The molecule has 20 heavy (non-hydrogen) atoms. The topological polar surface area (TPSA) is 46.5 Å². The van der Waals surface area contributed by atoms with Gasteiger partial charge in [0, 0.05) is 0 Å². The fraction of sp³-hybridized carbons (Fsp3) is 0.588. The van der Waals surface area contributed by atoms with Crippen molar-refractivity contribution in [3.05, 3.63) is 29.8 Å². The van der Waals surface area contributed by atoms with Crippen molar-refractivity contribution in [2.24, 2.45) is 11.8 Å². The molecule has 3 heteroatoms. The van der Waals surface area contributed by atoms with Gasteiger partial charge in [-0.3, -0.25) is 0 Å². The summed E-state index contributed by atoms with van der Waals surface area (Å²) in [5.41, 5.74) is -0.127. The summed E-state index contributed by atoms with van der Waals surface area (Å²) in [5.74, 6) is 0.558. The number of hydrogen-bond donors (Lipinski definition) is 1. The zero-order chi connectivity index (χ0) is 14.8. The highest BCUT2D eigenvalue weighted by molar-refractivity contribution is 5.92. The second-order valence-corrected chi connectivity index (χ2v) is 6.31. The third kappa shape index (κ3) is 2.97. The number of benzene rings is 1. The van der Waals surface area contributed by atoms with Crippen molar-refractivity contribution in [2.75, 3.05) is 0 Å². The summed E-state index contributed by atoms with van der Waals surface area (Å²) in [4.78, 5) is 12.3. The van der Waals surface area contributed by atoms with Crippen molar-refractivity contribution < 1.29 is 14.6 Å². The molecule has 1 aliphatic rings. The van der Waals surface area contributed by atoms with E-state index < -0.39 is 5.97 Å². The first-order valence-corrected chi connectivity index (χ1v) is 7.46. The summed E-state index contributed by atoms with van der Waals surface area (Å²) >= 11 is 0. The lowest BCUT2D eigenvalue weighted by Crippen LogP contribution is -2.43. The van der Waals surface area contributed by atoms with Crippen LogP contribution in [0.2, 0.25) is 0 Å². The molecule has 0 saturated heterocycles. The predicted molar refractivity (Wildman–Crippen MR) is 78.7 cm³/mol. The molecule has 0 heterocycles. The van der Waals surface area contributed by atoms with E-state index in [1.54, 1.807) is 18.2 Å². The number of hydrogen-bond acceptors (Lipinski definition) is 3. The smallest absolute Gasteiger partial charge is 0.342 e. The minimum absolute atomic E-state index is 0.0133. The second kappa shape index (κ2) is 5.86. The Balaban J connectivity index is 2.17. The number of phenolic OH excluding ortho intramolecular Hbond substituents is 1. The quantitative estimate of drug-likeness (QED) is 0.843. The lowest BCUT2D eigenvalue weighted by atomic mass is 9.73. The molecule has 1 saturated carbocycles. The Morgan fingerprint density at radius 2 is 1.90 bits per heavy atom. The average molecular weight is 276 g/mol. The maximum absolute atomic E-state index is 12.3. The number of rotatable bonds is 3. The normalized spacial score (nSPS) is 26.5. The molecule has 1 fully saturated rings. The number of ether oxygens (including phenoxy) is 1. The van der Waals surface area contributed by atoms with Crippen LogP contribution in [0.25, 0.3) is 0 Å². The van der Waals surface area contributed by atoms with Crippen molar-refractivity contribution in [3.63, 3.8) is 0 Å². The first kappa shape index (κ1) is 14.9. The van der Waals surface area contributed by atoms with Gasteiger partial charge in [0.25, 0.3) is 0 Å². The first-order chi connectivity index (χ1) is 9.44. The molecular weight excluding hydrogens is 252 g/mol. The predicted octanol–water partition coefficient (Wildman–Crippen LogP) is 4.15. The van der Waals surface area contributed by atoms with Gasteiger partial charge in [0.05, 0.1) is 0 Å². The van der Waals surface area contributed by atoms with E-state index in [1.807, 2.05) is 0 Å². The van der Waals surface area contributed by atoms with Crippen molar-refractivity contribution in [1.29, 1.82) is 0 Å². The van der Waals surface area contributed by atoms with E-state index >= 15 is 0 Å². The molecule has 0 aromatic heterocycles. The molecule has 1 aromatic rings. The molecule has 0 spiro atoms. The van der Waals surface area contributed by atoms with Crippen LogP contribution in [0.3, 0.4) is 0 Å². The minimum Gasteiger partial charge on any atom is -0.507 e. The third-order valence-electron chi connectivity index (χ3n) is 4.59. The number of carbonyl (C=O) groups excluding carboxylic acids is 1. The van der Waals surface area contributed by atoms with E-state index in [0.29, 0.717) is 5.92 Å². The van der Waals surface area contributed by atoms with Gasteiger partial charge < -0.3 is 9.84 Å². The summed E-state index contributed by atoms with van der Waals surface area (Å²) in [7, 11) is 0. The van der Waals surface area contributed by atoms with Gasteiger partial charge in [-0.15, -0.1) is 0 Å². The van der Waals surface area contributed by atoms with E-state index in [-0.39, 0.29) is 22.8 Å². The van der Waals surface area contributed by atoms with Crippen molar-refractivity contribution in [3.8, 4) is 5.75 Å². The summed E-state index contributed by atoms with van der Waals surface area (Å²) in [5, 5.41) is 9.77. The zero-order valence-corrected chi connectivity index (χ0v) is 12.6. The van der Waals surface area contributed by atoms with Crippen molar-refractivity contribution in [1.82, 2.24) is 0 Å². The highest BCUT2D eigenvalue weighted by atomic mass is 16.6. The third-order valence-corrected chi connectivity index (χ3v) is 4.59. The van der Waals surface area contributed by atoms with E-state index in [4.69, 9.17) is 4.74 Å². The minimum atomic E-state index is -0.411. The van der Waals surface area contributed by atoms with Gasteiger partial charge in [0.15, 0.2) is 0 Å². The van der Waals surface area contributed by atoms with Gasteiger partial charge in [0.2, 0.25) is 0 Å². The average Bonchev–Trinajstić information content (AvgIpc) is 2.41. The Labute approximate surface area is 121 Å². The van der Waals surface area contributed by atoms with Gasteiger partial charge in [-0.1, -0.05) is 32.9 Å². The largest absolute Gasteiger partial charge is 0.507 e. The van der Waals surface area contributed by atoms with Crippen LogP contribution in [0.4, 0.5) is 0 Å². The molecule has 0 unspecified atom stereocenters. The Morgan fingerprint density at radius 1 is 1.30 bits per heavy atom. The Morgan fingerprint density at radius 3 is 2.45 bits per heavy atom. The summed E-state index contributed by atoms with van der Waals surface area (Å²) < 4.78 is 5.86. The van der Waals surface area contributed by atoms with E-state index in [0.717, 1.165) is 25.7 Å². The van der Waals surface area contributed by atoms with Crippen molar-refractivity contribution in [2.45, 2.75) is 52.1 Å². The summed E-state index contributed by atoms with van der Waals surface area (Å²) in [6.07, 6.45) is 3.99. The van der Waals surface area contributed by atoms with Crippen LogP contribution in [0.1, 0.15) is 56.8 Å². The van der Waals surface area contributed by atoms with E-state index in [2.05, 4.69) is 20.8 Å². The van der Waals surface area contributed by atoms with Crippen LogP contribution in [-0.4, -0.2) is 16.7 Å². The summed E-state index contributed by atoms with van der Waals surface area (Å²) in [6, 6.07) is 6.56. The Kier molecular flexibility index (Phi) is 4.36. The highest BCUT2D eigenvalue weighted by Crippen LogP contribution is 2.40. The van der Waals surface area contributed by atoms with Crippen LogP contribution in [0.5, 0.6) is 5.75 Å². The fourth-order valence-corrected chi connectivity index (χ4v) is 2.93. The van der Waals surface area contributed by atoms with E-state index in [9.17, 15) is 9.90 Å². The molecule has 0 radical (unpaired) electrons. The van der Waals surface area contributed by atoms with Crippen LogP contribution >= 0.6 is 0 Å². The van der Waals surface area contributed by atoms with E-state index in [1.165, 1.54) is 6.07 Å². The number of aromatic hydroxyl groups is 1. The van der Waals surface area contributed by atoms with Gasteiger partial charge in [-0.2, -0.15) is 0 Å². The van der Waals surface area contributed by atoms with Gasteiger partial charge >= 0.3 is 5.97 Å². The molecule has 0 bridgehead atoms. The molecule has 1 aliphatic carbocycles. The van der Waals surface area contributed by atoms with Gasteiger partial charge in [-0.05, 0) is 49.7 Å². The second-order valence-electron chi connectivity index (χ2n) is 6.31. The van der Waals surface area contributed by atoms with Crippen LogP contribution in [-0.2, 0) is 4.74 Å². The number of phenols is 1. The molecular formula is C17H24O3. The van der Waals surface area contributed by atoms with Crippen molar-refractivity contribution >= 4 is 5.97 Å². The van der Waals surface area contributed by atoms with Gasteiger partial charge in [0.1, 0.15) is 16.9 Å². The molecule has 1 aromatic carbocycles. The lowest BCUT2D eigenvalue weighted by molar-refractivity contribution is -0.0707. The number of para-hydroxylation sites is 1. The number of carbonyl (C=O) groups is 1. The maximum atomic E-state index is 12.3.